The Labute approximate surface area is 136 Å². The van der Waals surface area contributed by atoms with Crippen LogP contribution in [0.5, 0.6) is 0 Å². The monoisotopic (exact) mass is 310 g/mol. The van der Waals surface area contributed by atoms with Crippen molar-refractivity contribution in [3.8, 4) is 0 Å². The summed E-state index contributed by atoms with van der Waals surface area (Å²) in [4.78, 5) is 16.7. The topological polar surface area (TPSA) is 32.8 Å². The first-order valence-corrected chi connectivity index (χ1v) is 9.11. The minimum atomic E-state index is -0.393. The second kappa shape index (κ2) is 7.67. The van der Waals surface area contributed by atoms with E-state index in [4.69, 9.17) is 4.74 Å². The van der Waals surface area contributed by atoms with E-state index in [0.717, 1.165) is 44.4 Å². The lowest BCUT2D eigenvalue weighted by atomic mass is 9.95. The van der Waals surface area contributed by atoms with Crippen LogP contribution in [0, 0.1) is 5.92 Å². The minimum Gasteiger partial charge on any atom is -0.444 e. The fourth-order valence-corrected chi connectivity index (χ4v) is 3.76. The number of carbonyl (C=O) groups is 1. The molecule has 1 saturated heterocycles. The van der Waals surface area contributed by atoms with Crippen LogP contribution in [0.3, 0.4) is 0 Å². The van der Waals surface area contributed by atoms with Gasteiger partial charge in [-0.3, -0.25) is 0 Å². The molecule has 22 heavy (non-hydrogen) atoms. The van der Waals surface area contributed by atoms with Crippen LogP contribution >= 0.6 is 0 Å². The Morgan fingerprint density at radius 1 is 1.14 bits per heavy atom. The van der Waals surface area contributed by atoms with Gasteiger partial charge in [0.1, 0.15) is 5.60 Å². The van der Waals surface area contributed by atoms with Gasteiger partial charge < -0.3 is 14.5 Å². The lowest BCUT2D eigenvalue weighted by molar-refractivity contribution is 0.0163. The van der Waals surface area contributed by atoms with Gasteiger partial charge in [0.2, 0.25) is 0 Å². The number of piperidine rings is 1. The lowest BCUT2D eigenvalue weighted by Gasteiger charge is -2.37. The Morgan fingerprint density at radius 2 is 1.73 bits per heavy atom. The summed E-state index contributed by atoms with van der Waals surface area (Å²) >= 11 is 0. The maximum absolute atomic E-state index is 12.1. The van der Waals surface area contributed by atoms with E-state index in [1.165, 1.54) is 32.2 Å². The van der Waals surface area contributed by atoms with Crippen molar-refractivity contribution in [1.29, 1.82) is 0 Å². The summed E-state index contributed by atoms with van der Waals surface area (Å²) < 4.78 is 5.47. The average molecular weight is 310 g/mol. The number of rotatable bonds is 4. The molecule has 2 aliphatic rings. The van der Waals surface area contributed by atoms with E-state index in [1.54, 1.807) is 0 Å². The van der Waals surface area contributed by atoms with Gasteiger partial charge in [0.05, 0.1) is 0 Å². The standard InChI is InChI=1S/C18H34N2O2/c1-5-19(16-8-6-7-9-16)14-15-10-12-20(13-11-15)17(21)22-18(2,3)4/h15-16H,5-14H2,1-4H3. The summed E-state index contributed by atoms with van der Waals surface area (Å²) in [5.74, 6) is 0.735. The summed E-state index contributed by atoms with van der Waals surface area (Å²) in [5, 5.41) is 0. The van der Waals surface area contributed by atoms with Gasteiger partial charge in [-0.25, -0.2) is 4.79 Å². The van der Waals surface area contributed by atoms with E-state index in [2.05, 4.69) is 11.8 Å². The SMILES string of the molecule is CCN(CC1CCN(C(=O)OC(C)(C)C)CC1)C1CCCC1. The van der Waals surface area contributed by atoms with Crippen molar-refractivity contribution in [1.82, 2.24) is 9.80 Å². The molecule has 0 aromatic carbocycles. The van der Waals surface area contributed by atoms with Crippen LogP contribution in [-0.2, 0) is 4.74 Å². The Hall–Kier alpha value is -0.770. The van der Waals surface area contributed by atoms with Crippen LogP contribution < -0.4 is 0 Å². The van der Waals surface area contributed by atoms with Gasteiger partial charge in [0.25, 0.3) is 0 Å². The number of carbonyl (C=O) groups excluding carboxylic acids is 1. The van der Waals surface area contributed by atoms with Crippen LogP contribution in [0.2, 0.25) is 0 Å². The normalized spacial score (nSPS) is 21.6. The van der Waals surface area contributed by atoms with Crippen molar-refractivity contribution in [2.45, 2.75) is 77.9 Å². The van der Waals surface area contributed by atoms with E-state index < -0.39 is 5.60 Å². The number of nitrogens with zero attached hydrogens (tertiary/aromatic N) is 2. The molecule has 4 heteroatoms. The fourth-order valence-electron chi connectivity index (χ4n) is 3.76. The molecule has 2 rings (SSSR count). The first-order valence-electron chi connectivity index (χ1n) is 9.11. The van der Waals surface area contributed by atoms with Crippen LogP contribution in [0.1, 0.15) is 66.2 Å². The van der Waals surface area contributed by atoms with E-state index in [-0.39, 0.29) is 6.09 Å². The van der Waals surface area contributed by atoms with Crippen LogP contribution in [0.4, 0.5) is 4.79 Å². The van der Waals surface area contributed by atoms with E-state index in [0.29, 0.717) is 0 Å². The minimum absolute atomic E-state index is 0.144. The van der Waals surface area contributed by atoms with E-state index in [9.17, 15) is 4.79 Å². The predicted molar refractivity (Wildman–Crippen MR) is 90.0 cm³/mol. The first-order chi connectivity index (χ1) is 10.4. The molecule has 4 nitrogen and oxygen atoms in total. The molecule has 1 amide bonds. The third-order valence-electron chi connectivity index (χ3n) is 5.01. The number of hydrogen-bond donors (Lipinski definition) is 0. The lowest BCUT2D eigenvalue weighted by Crippen LogP contribution is -2.45. The highest BCUT2D eigenvalue weighted by atomic mass is 16.6. The molecular weight excluding hydrogens is 276 g/mol. The quantitative estimate of drug-likeness (QED) is 0.789. The summed E-state index contributed by atoms with van der Waals surface area (Å²) in [7, 11) is 0. The van der Waals surface area contributed by atoms with Gasteiger partial charge in [-0.15, -0.1) is 0 Å². The second-order valence-corrected chi connectivity index (χ2v) is 7.94. The highest BCUT2D eigenvalue weighted by Crippen LogP contribution is 2.26. The Bertz CT molecular complexity index is 351. The number of hydrogen-bond acceptors (Lipinski definition) is 3. The fraction of sp³-hybridized carbons (Fsp3) is 0.944. The molecule has 0 aromatic heterocycles. The van der Waals surface area contributed by atoms with Gasteiger partial charge in [-0.2, -0.15) is 0 Å². The zero-order valence-corrected chi connectivity index (χ0v) is 14.9. The largest absolute Gasteiger partial charge is 0.444 e. The molecule has 0 spiro atoms. The molecule has 2 fully saturated rings. The van der Waals surface area contributed by atoms with Gasteiger partial charge in [-0.1, -0.05) is 19.8 Å². The zero-order valence-electron chi connectivity index (χ0n) is 14.9. The molecule has 1 aliphatic carbocycles. The molecule has 0 atom stereocenters. The molecule has 1 aliphatic heterocycles. The van der Waals surface area contributed by atoms with E-state index in [1.807, 2.05) is 25.7 Å². The smallest absolute Gasteiger partial charge is 0.410 e. The first kappa shape index (κ1) is 17.6. The maximum Gasteiger partial charge on any atom is 0.410 e. The molecule has 0 bridgehead atoms. The summed E-state index contributed by atoms with van der Waals surface area (Å²) in [6.07, 6.45) is 7.64. The average Bonchev–Trinajstić information content (AvgIpc) is 2.97. The molecule has 0 N–H and O–H groups in total. The Kier molecular flexibility index (Phi) is 6.13. The van der Waals surface area contributed by atoms with Crippen molar-refractivity contribution in [3.05, 3.63) is 0 Å². The van der Waals surface area contributed by atoms with E-state index >= 15 is 0 Å². The van der Waals surface area contributed by atoms with Gasteiger partial charge in [0.15, 0.2) is 0 Å². The van der Waals surface area contributed by atoms with Gasteiger partial charge in [0, 0.05) is 25.7 Å². The maximum atomic E-state index is 12.1. The number of amides is 1. The molecule has 0 aromatic rings. The van der Waals surface area contributed by atoms with Crippen LogP contribution in [-0.4, -0.2) is 53.7 Å². The van der Waals surface area contributed by atoms with Crippen molar-refractivity contribution in [2.24, 2.45) is 5.92 Å². The Morgan fingerprint density at radius 3 is 2.23 bits per heavy atom. The summed E-state index contributed by atoms with van der Waals surface area (Å²) in [6, 6.07) is 0.814. The third-order valence-corrected chi connectivity index (χ3v) is 5.01. The van der Waals surface area contributed by atoms with Crippen LogP contribution in [0.25, 0.3) is 0 Å². The van der Waals surface area contributed by atoms with Gasteiger partial charge >= 0.3 is 6.09 Å². The molecular formula is C18H34N2O2. The molecule has 1 saturated carbocycles. The Balaban J connectivity index is 1.75. The molecule has 128 valence electrons. The van der Waals surface area contributed by atoms with Crippen molar-refractivity contribution in [2.75, 3.05) is 26.2 Å². The highest BCUT2D eigenvalue weighted by Gasteiger charge is 2.29. The molecule has 0 unspecified atom stereocenters. The predicted octanol–water partition coefficient (Wildman–Crippen LogP) is 3.90. The molecule has 0 radical (unpaired) electrons. The van der Waals surface area contributed by atoms with Crippen LogP contribution in [0.15, 0.2) is 0 Å². The number of ether oxygens (including phenoxy) is 1. The third kappa shape index (κ3) is 5.15. The van der Waals surface area contributed by atoms with Crippen molar-refractivity contribution in [3.63, 3.8) is 0 Å². The van der Waals surface area contributed by atoms with Crippen molar-refractivity contribution >= 4 is 6.09 Å². The highest BCUT2D eigenvalue weighted by molar-refractivity contribution is 5.68. The second-order valence-electron chi connectivity index (χ2n) is 7.94. The zero-order chi connectivity index (χ0) is 16.2. The van der Waals surface area contributed by atoms with Crippen molar-refractivity contribution < 1.29 is 9.53 Å². The van der Waals surface area contributed by atoms with Gasteiger partial charge in [-0.05, 0) is 58.9 Å². The molecule has 1 heterocycles. The summed E-state index contributed by atoms with van der Waals surface area (Å²) in [5.41, 5.74) is -0.393. The summed E-state index contributed by atoms with van der Waals surface area (Å²) in [6.45, 7) is 12.1. The number of likely N-dealkylation sites (tertiary alicyclic amines) is 1.